The summed E-state index contributed by atoms with van der Waals surface area (Å²) in [7, 11) is 0. The molecule has 0 unspecified atom stereocenters. The minimum Gasteiger partial charge on any atom is -1.00 e. The average molecular weight is 415 g/mol. The van der Waals surface area contributed by atoms with Gasteiger partial charge < -0.3 is 39.7 Å². The van der Waals surface area contributed by atoms with Crippen LogP contribution >= 0.6 is 22.9 Å². The van der Waals surface area contributed by atoms with Crippen LogP contribution in [-0.4, -0.2) is 6.54 Å². The lowest BCUT2D eigenvalue weighted by atomic mass is 10.2. The summed E-state index contributed by atoms with van der Waals surface area (Å²) in [6, 6.07) is 8.00. The molecule has 2 nitrogen and oxygen atoms in total. The second kappa shape index (κ2) is 9.04. The Kier molecular flexibility index (Phi) is 9.07. The number of hydrogen-bond acceptors (Lipinski definition) is 1. The van der Waals surface area contributed by atoms with Gasteiger partial charge in [-0.25, -0.2) is 4.98 Å². The van der Waals surface area contributed by atoms with E-state index in [2.05, 4.69) is 22.2 Å². The van der Waals surface area contributed by atoms with E-state index in [0.717, 1.165) is 24.4 Å². The maximum Gasteiger partial charge on any atom is 0.240 e. The summed E-state index contributed by atoms with van der Waals surface area (Å²) in [4.78, 5) is 3.42. The van der Waals surface area contributed by atoms with E-state index in [1.807, 2.05) is 18.2 Å². The van der Waals surface area contributed by atoms with E-state index in [1.54, 1.807) is 11.3 Å². The maximum absolute atomic E-state index is 5.95. The molecule has 18 heavy (non-hydrogen) atoms. The molecule has 0 saturated heterocycles. The van der Waals surface area contributed by atoms with E-state index < -0.39 is 0 Å². The van der Waals surface area contributed by atoms with Crippen molar-refractivity contribution in [3.63, 3.8) is 0 Å². The number of rotatable bonds is 4. The van der Waals surface area contributed by atoms with E-state index in [0.29, 0.717) is 0 Å². The zero-order valence-corrected chi connectivity index (χ0v) is 14.5. The first kappa shape index (κ1) is 18.1. The molecule has 4 N–H and O–H groups in total. The molecule has 0 radical (unpaired) electrons. The van der Waals surface area contributed by atoms with Gasteiger partial charge in [0, 0.05) is 5.02 Å². The number of nitrogens with one attached hydrogen (secondary N) is 1. The lowest BCUT2D eigenvalue weighted by Crippen LogP contribution is -3.00. The number of aromatic nitrogens is 1. The first-order chi connectivity index (χ1) is 7.78. The number of quaternary nitrogens is 1. The molecular formula is C12H15Br2ClN2S. The first-order valence-electron chi connectivity index (χ1n) is 5.30. The number of halogens is 3. The highest BCUT2D eigenvalue weighted by atomic mass is 79.9. The van der Waals surface area contributed by atoms with E-state index in [4.69, 9.17) is 11.6 Å². The molecular weight excluding hydrogens is 399 g/mol. The largest absolute Gasteiger partial charge is 1.00 e. The molecule has 1 aromatic heterocycles. The number of H-pyrrole nitrogens is 1. The molecule has 2 rings (SSSR count). The van der Waals surface area contributed by atoms with E-state index in [-0.39, 0.29) is 34.0 Å². The highest BCUT2D eigenvalue weighted by Gasteiger charge is 2.10. The molecule has 100 valence electrons. The topological polar surface area (TPSA) is 41.8 Å². The lowest BCUT2D eigenvalue weighted by Gasteiger charge is -1.95. The van der Waals surface area contributed by atoms with Crippen molar-refractivity contribution >= 4 is 22.9 Å². The Morgan fingerprint density at radius 2 is 2.06 bits per heavy atom. The predicted molar refractivity (Wildman–Crippen MR) is 66.6 cm³/mol. The van der Waals surface area contributed by atoms with Crippen LogP contribution in [-0.2, 0) is 12.8 Å². The molecule has 1 heterocycles. The van der Waals surface area contributed by atoms with Crippen molar-refractivity contribution in [3.05, 3.63) is 50.9 Å². The second-order valence-corrected chi connectivity index (χ2v) is 5.12. The van der Waals surface area contributed by atoms with Crippen molar-refractivity contribution in [2.45, 2.75) is 12.8 Å². The number of thiazole rings is 1. The van der Waals surface area contributed by atoms with Gasteiger partial charge in [-0.3, -0.25) is 0 Å². The minimum atomic E-state index is 0. The zero-order chi connectivity index (χ0) is 11.4. The smallest absolute Gasteiger partial charge is 0.240 e. The van der Waals surface area contributed by atoms with E-state index in [1.165, 1.54) is 16.3 Å². The van der Waals surface area contributed by atoms with Crippen LogP contribution in [0.25, 0.3) is 0 Å². The molecule has 0 amide bonds. The quantitative estimate of drug-likeness (QED) is 0.525. The summed E-state index contributed by atoms with van der Waals surface area (Å²) in [6.45, 7) is 0.934. The average Bonchev–Trinajstić information content (AvgIpc) is 2.66. The van der Waals surface area contributed by atoms with Gasteiger partial charge in [0.05, 0.1) is 24.8 Å². The Hall–Kier alpha value is 0.0600. The third-order valence-corrected chi connectivity index (χ3v) is 3.51. The highest BCUT2D eigenvalue weighted by Crippen LogP contribution is 2.15. The van der Waals surface area contributed by atoms with Gasteiger partial charge >= 0.3 is 0 Å². The van der Waals surface area contributed by atoms with Gasteiger partial charge in [-0.05, 0) is 17.7 Å². The molecule has 6 heteroatoms. The van der Waals surface area contributed by atoms with Crippen LogP contribution < -0.4 is 44.7 Å². The van der Waals surface area contributed by atoms with Crippen LogP contribution in [0.1, 0.15) is 16.3 Å². The van der Waals surface area contributed by atoms with Gasteiger partial charge in [-0.1, -0.05) is 35.1 Å². The fourth-order valence-corrected chi connectivity index (χ4v) is 2.72. The standard InChI is InChI=1S/C12H13ClN2S.2BrH/c13-10-3-1-2-9(6-10)7-12-15-11(4-5-14)8-16-12;;/h1-3,6,8H,4-5,7,14H2;2*1H. The van der Waals surface area contributed by atoms with Crippen LogP contribution in [0.15, 0.2) is 29.6 Å². The summed E-state index contributed by atoms with van der Waals surface area (Å²) >= 11 is 7.71. The van der Waals surface area contributed by atoms with Gasteiger partial charge in [0.15, 0.2) is 5.69 Å². The fourth-order valence-electron chi connectivity index (χ4n) is 1.61. The van der Waals surface area contributed by atoms with Gasteiger partial charge in [0.1, 0.15) is 0 Å². The Bertz CT molecular complexity index is 477. The van der Waals surface area contributed by atoms with Crippen LogP contribution in [0, 0.1) is 0 Å². The molecule has 0 aliphatic rings. The summed E-state index contributed by atoms with van der Waals surface area (Å²) in [6.07, 6.45) is 1.94. The normalized spacial score (nSPS) is 9.44. The zero-order valence-electron chi connectivity index (χ0n) is 9.76. The molecule has 0 atom stereocenters. The molecule has 0 bridgehead atoms. The molecule has 2 aromatic rings. The summed E-state index contributed by atoms with van der Waals surface area (Å²) in [5.74, 6) is 0. The van der Waals surface area contributed by atoms with E-state index in [9.17, 15) is 0 Å². The number of hydrogen-bond donors (Lipinski definition) is 1. The van der Waals surface area contributed by atoms with Crippen molar-refractivity contribution in [1.82, 2.24) is 0 Å². The first-order valence-corrected chi connectivity index (χ1v) is 6.56. The fraction of sp³-hybridized carbons (Fsp3) is 0.250. The van der Waals surface area contributed by atoms with Gasteiger partial charge in [0.25, 0.3) is 0 Å². The third-order valence-electron chi connectivity index (χ3n) is 2.34. The Balaban J connectivity index is 0.00000144. The Morgan fingerprint density at radius 3 is 2.72 bits per heavy atom. The minimum absolute atomic E-state index is 0. The van der Waals surface area contributed by atoms with Gasteiger partial charge in [0.2, 0.25) is 5.01 Å². The monoisotopic (exact) mass is 412 g/mol. The van der Waals surface area contributed by atoms with Gasteiger partial charge in [-0.2, -0.15) is 0 Å². The molecule has 1 aromatic carbocycles. The van der Waals surface area contributed by atoms with Crippen LogP contribution in [0.5, 0.6) is 0 Å². The number of aromatic amines is 1. The lowest BCUT2D eigenvalue weighted by molar-refractivity contribution is -0.408. The second-order valence-electron chi connectivity index (χ2n) is 3.72. The molecule has 0 fully saturated rings. The maximum atomic E-state index is 5.95. The molecule has 0 saturated carbocycles. The van der Waals surface area contributed by atoms with E-state index >= 15 is 0 Å². The predicted octanol–water partition coefficient (Wildman–Crippen LogP) is -4.40. The van der Waals surface area contributed by atoms with Crippen molar-refractivity contribution in [1.29, 1.82) is 0 Å². The van der Waals surface area contributed by atoms with Crippen molar-refractivity contribution in [2.75, 3.05) is 6.54 Å². The highest BCUT2D eigenvalue weighted by molar-refractivity contribution is 7.09. The molecule has 0 aliphatic carbocycles. The molecule has 0 spiro atoms. The SMILES string of the molecule is [Br-].[Br-].[NH3+]CCc1csc(Cc2cccc(Cl)c2)[nH+]1. The van der Waals surface area contributed by atoms with Crippen molar-refractivity contribution in [3.8, 4) is 0 Å². The van der Waals surface area contributed by atoms with Crippen molar-refractivity contribution < 1.29 is 44.7 Å². The van der Waals surface area contributed by atoms with Gasteiger partial charge in [-0.15, -0.1) is 0 Å². The van der Waals surface area contributed by atoms with Crippen LogP contribution in [0.4, 0.5) is 0 Å². The van der Waals surface area contributed by atoms with Crippen LogP contribution in [0.3, 0.4) is 0 Å². The molecule has 0 aliphatic heterocycles. The summed E-state index contributed by atoms with van der Waals surface area (Å²) in [5.41, 5.74) is 6.37. The Morgan fingerprint density at radius 1 is 1.28 bits per heavy atom. The number of benzene rings is 1. The van der Waals surface area contributed by atoms with Crippen LogP contribution in [0.2, 0.25) is 5.02 Å². The summed E-state index contributed by atoms with van der Waals surface area (Å²) in [5, 5.41) is 4.24. The van der Waals surface area contributed by atoms with Crippen molar-refractivity contribution in [2.24, 2.45) is 0 Å². The third kappa shape index (κ3) is 5.36. The summed E-state index contributed by atoms with van der Waals surface area (Å²) < 4.78 is 0. The Labute approximate surface area is 137 Å².